The van der Waals surface area contributed by atoms with Crippen LogP contribution in [0.1, 0.15) is 285 Å². The second kappa shape index (κ2) is 44.9. The smallest absolute Gasteiger partial charge is 0.306 e. The summed E-state index contributed by atoms with van der Waals surface area (Å²) in [5.41, 5.74) is 0. The maximum absolute atomic E-state index is 12.8. The van der Waals surface area contributed by atoms with Crippen molar-refractivity contribution in [3.63, 3.8) is 0 Å². The predicted octanol–water partition coefficient (Wildman–Crippen LogP) is 16.5. The van der Waals surface area contributed by atoms with Crippen LogP contribution >= 0.6 is 0 Å². The Morgan fingerprint density at radius 1 is 0.362 bits per heavy atom. The van der Waals surface area contributed by atoms with E-state index in [4.69, 9.17) is 14.2 Å². The van der Waals surface area contributed by atoms with Crippen LogP contribution in [0.5, 0.6) is 0 Å². The van der Waals surface area contributed by atoms with Gasteiger partial charge in [-0.1, -0.05) is 247 Å². The van der Waals surface area contributed by atoms with E-state index in [1.807, 2.05) is 0 Å². The van der Waals surface area contributed by atoms with Crippen molar-refractivity contribution in [1.82, 2.24) is 0 Å². The Morgan fingerprint density at radius 2 is 0.655 bits per heavy atom. The Bertz CT molecular complexity index is 887. The highest BCUT2D eigenvalue weighted by molar-refractivity contribution is 5.71. The minimum Gasteiger partial charge on any atom is -0.462 e. The van der Waals surface area contributed by atoms with E-state index in [0.717, 1.165) is 69.6 Å². The number of unbranched alkanes of at least 4 members (excludes halogenated alkanes) is 30. The van der Waals surface area contributed by atoms with Gasteiger partial charge in [0, 0.05) is 19.3 Å². The molecule has 0 aliphatic rings. The Hall–Kier alpha value is -1.59. The van der Waals surface area contributed by atoms with Crippen molar-refractivity contribution in [3.8, 4) is 0 Å². The first kappa shape index (κ1) is 56.4. The van der Waals surface area contributed by atoms with Gasteiger partial charge in [-0.3, -0.25) is 14.4 Å². The topological polar surface area (TPSA) is 78.9 Å². The average molecular weight is 821 g/mol. The molecule has 6 heteroatoms. The van der Waals surface area contributed by atoms with Crippen LogP contribution in [-0.4, -0.2) is 37.2 Å². The fourth-order valence-corrected chi connectivity index (χ4v) is 7.78. The highest BCUT2D eigenvalue weighted by Gasteiger charge is 2.19. The molecule has 0 fully saturated rings. The highest BCUT2D eigenvalue weighted by Crippen LogP contribution is 2.18. The van der Waals surface area contributed by atoms with E-state index in [9.17, 15) is 14.4 Å². The summed E-state index contributed by atoms with van der Waals surface area (Å²) in [6.07, 6.45) is 45.1. The van der Waals surface area contributed by atoms with Crippen molar-refractivity contribution in [1.29, 1.82) is 0 Å². The minimum atomic E-state index is -0.761. The van der Waals surface area contributed by atoms with Crippen molar-refractivity contribution in [2.75, 3.05) is 13.2 Å². The molecule has 0 amide bonds. The SMILES string of the molecule is CCCCCCCCCCCCC(=O)OC[C@H](COC(=O)CCCCCCCCCCC(C)CC)OC(=O)CCCCCCCCCCCCCCCCCC(C)C. The number of rotatable bonds is 46. The van der Waals surface area contributed by atoms with Crippen LogP contribution in [0.2, 0.25) is 0 Å². The molecule has 0 bridgehead atoms. The van der Waals surface area contributed by atoms with Crippen LogP contribution in [0.4, 0.5) is 0 Å². The Balaban J connectivity index is 4.28. The predicted molar refractivity (Wildman–Crippen MR) is 247 cm³/mol. The lowest BCUT2D eigenvalue weighted by Crippen LogP contribution is -2.30. The van der Waals surface area contributed by atoms with E-state index < -0.39 is 6.10 Å². The Kier molecular flexibility index (Phi) is 43.7. The van der Waals surface area contributed by atoms with Gasteiger partial charge in [-0.15, -0.1) is 0 Å². The van der Waals surface area contributed by atoms with Crippen LogP contribution in [0.25, 0.3) is 0 Å². The molecule has 2 atom stereocenters. The van der Waals surface area contributed by atoms with E-state index in [1.165, 1.54) is 173 Å². The fourth-order valence-electron chi connectivity index (χ4n) is 7.78. The molecular formula is C52H100O6. The summed E-state index contributed by atoms with van der Waals surface area (Å²) in [6, 6.07) is 0. The standard InChI is InChI=1S/C52H100O6/c1-6-8-9-10-11-12-21-27-32-37-42-50(53)56-45-49(46-57-51(54)43-38-33-28-24-23-26-31-36-41-48(5)7-2)58-52(55)44-39-34-29-22-19-17-15-13-14-16-18-20-25-30-35-40-47(3)4/h47-49H,6-46H2,1-5H3/t48?,49-/m1/s1. The first-order chi connectivity index (χ1) is 28.3. The fraction of sp³-hybridized carbons (Fsp3) is 0.942. The van der Waals surface area contributed by atoms with Crippen LogP contribution in [0.3, 0.4) is 0 Å². The summed E-state index contributed by atoms with van der Waals surface area (Å²) in [5.74, 6) is 0.845. The molecular weight excluding hydrogens is 721 g/mol. The number of esters is 3. The summed E-state index contributed by atoms with van der Waals surface area (Å²) in [5, 5.41) is 0. The molecule has 58 heavy (non-hydrogen) atoms. The summed E-state index contributed by atoms with van der Waals surface area (Å²) in [6.45, 7) is 11.4. The third kappa shape index (κ3) is 44.0. The normalized spacial score (nSPS) is 12.5. The second-order valence-electron chi connectivity index (χ2n) is 18.5. The monoisotopic (exact) mass is 821 g/mol. The lowest BCUT2D eigenvalue weighted by atomic mass is 9.99. The maximum atomic E-state index is 12.8. The van der Waals surface area contributed by atoms with Crippen LogP contribution < -0.4 is 0 Å². The highest BCUT2D eigenvalue weighted by atomic mass is 16.6. The largest absolute Gasteiger partial charge is 0.462 e. The molecule has 0 spiro atoms. The van der Waals surface area contributed by atoms with E-state index in [0.29, 0.717) is 19.3 Å². The first-order valence-electron chi connectivity index (χ1n) is 25.8. The van der Waals surface area contributed by atoms with Gasteiger partial charge in [0.1, 0.15) is 13.2 Å². The molecule has 0 aromatic rings. The molecule has 0 heterocycles. The van der Waals surface area contributed by atoms with Crippen LogP contribution in [0.15, 0.2) is 0 Å². The average Bonchev–Trinajstić information content (AvgIpc) is 3.21. The zero-order valence-electron chi connectivity index (χ0n) is 39.7. The molecule has 0 radical (unpaired) electrons. The number of hydrogen-bond acceptors (Lipinski definition) is 6. The van der Waals surface area contributed by atoms with E-state index >= 15 is 0 Å². The molecule has 0 aliphatic carbocycles. The molecule has 0 aromatic carbocycles. The molecule has 1 unspecified atom stereocenters. The number of carbonyl (C=O) groups excluding carboxylic acids is 3. The zero-order chi connectivity index (χ0) is 42.6. The van der Waals surface area contributed by atoms with E-state index in [2.05, 4.69) is 34.6 Å². The maximum Gasteiger partial charge on any atom is 0.306 e. The van der Waals surface area contributed by atoms with Gasteiger partial charge in [-0.2, -0.15) is 0 Å². The van der Waals surface area contributed by atoms with Gasteiger partial charge in [0.2, 0.25) is 0 Å². The Labute approximate surface area is 361 Å². The van der Waals surface area contributed by atoms with Crippen molar-refractivity contribution in [2.45, 2.75) is 291 Å². The lowest BCUT2D eigenvalue weighted by Gasteiger charge is -2.18. The third-order valence-corrected chi connectivity index (χ3v) is 12.1. The Morgan fingerprint density at radius 3 is 0.983 bits per heavy atom. The van der Waals surface area contributed by atoms with Crippen LogP contribution in [0, 0.1) is 11.8 Å². The lowest BCUT2D eigenvalue weighted by molar-refractivity contribution is -0.167. The summed E-state index contributed by atoms with van der Waals surface area (Å²) in [7, 11) is 0. The number of hydrogen-bond donors (Lipinski definition) is 0. The van der Waals surface area contributed by atoms with Crippen molar-refractivity contribution in [3.05, 3.63) is 0 Å². The molecule has 0 aromatic heterocycles. The number of carbonyl (C=O) groups is 3. The van der Waals surface area contributed by atoms with Gasteiger partial charge in [-0.25, -0.2) is 0 Å². The van der Waals surface area contributed by atoms with Crippen molar-refractivity contribution < 1.29 is 28.6 Å². The minimum absolute atomic E-state index is 0.0641. The van der Waals surface area contributed by atoms with E-state index in [-0.39, 0.29) is 31.1 Å². The molecule has 0 N–H and O–H groups in total. The summed E-state index contributed by atoms with van der Waals surface area (Å²) in [4.78, 5) is 37.9. The van der Waals surface area contributed by atoms with Gasteiger partial charge >= 0.3 is 17.9 Å². The second-order valence-corrected chi connectivity index (χ2v) is 18.5. The summed E-state index contributed by atoms with van der Waals surface area (Å²) >= 11 is 0. The van der Waals surface area contributed by atoms with Gasteiger partial charge in [0.15, 0.2) is 6.10 Å². The third-order valence-electron chi connectivity index (χ3n) is 12.1. The first-order valence-corrected chi connectivity index (χ1v) is 25.8. The van der Waals surface area contributed by atoms with Crippen LogP contribution in [-0.2, 0) is 28.6 Å². The molecule has 6 nitrogen and oxygen atoms in total. The zero-order valence-corrected chi connectivity index (χ0v) is 39.7. The molecule has 344 valence electrons. The van der Waals surface area contributed by atoms with Gasteiger partial charge < -0.3 is 14.2 Å². The molecule has 0 saturated heterocycles. The van der Waals surface area contributed by atoms with Gasteiger partial charge in [0.25, 0.3) is 0 Å². The van der Waals surface area contributed by atoms with Crippen molar-refractivity contribution in [2.24, 2.45) is 11.8 Å². The summed E-state index contributed by atoms with van der Waals surface area (Å²) < 4.78 is 16.8. The number of ether oxygens (including phenoxy) is 3. The van der Waals surface area contributed by atoms with Gasteiger partial charge in [0.05, 0.1) is 0 Å². The quantitative estimate of drug-likeness (QED) is 0.0346. The molecule has 0 rings (SSSR count). The molecule has 0 aliphatic heterocycles. The van der Waals surface area contributed by atoms with Gasteiger partial charge in [-0.05, 0) is 31.1 Å². The molecule has 0 saturated carbocycles. The van der Waals surface area contributed by atoms with Crippen molar-refractivity contribution >= 4 is 17.9 Å². The van der Waals surface area contributed by atoms with E-state index in [1.54, 1.807) is 0 Å².